The quantitative estimate of drug-likeness (QED) is 0.666. The van der Waals surface area contributed by atoms with Crippen LogP contribution in [-0.4, -0.2) is 4.99 Å². The molecule has 0 amide bonds. The third-order valence-electron chi connectivity index (χ3n) is 2.86. The minimum Gasteiger partial charge on any atom is -0.389 e. The molecule has 0 saturated carbocycles. The lowest BCUT2D eigenvalue weighted by atomic mass is 10.1. The molecule has 2 aromatic rings. The lowest BCUT2D eigenvalue weighted by Crippen LogP contribution is -2.11. The van der Waals surface area contributed by atoms with Gasteiger partial charge < -0.3 is 11.1 Å². The van der Waals surface area contributed by atoms with Gasteiger partial charge in [0.25, 0.3) is 0 Å². The number of hydrogen-bond acceptors (Lipinski definition) is 2. The number of nitrogens with one attached hydrogen (secondary N) is 1. The average molecular weight is 314 g/mol. The van der Waals surface area contributed by atoms with E-state index in [2.05, 4.69) is 17.5 Å². The lowest BCUT2D eigenvalue weighted by molar-refractivity contribution is 0.576. The monoisotopic (exact) mass is 314 g/mol. The number of nitrogens with two attached hydrogens (primary N) is 1. The van der Waals surface area contributed by atoms with Crippen LogP contribution in [0.5, 0.6) is 0 Å². The predicted octanol–water partition coefficient (Wildman–Crippen LogP) is 3.93. The molecule has 0 aromatic heterocycles. The van der Waals surface area contributed by atoms with Crippen molar-refractivity contribution >= 4 is 28.6 Å². The highest BCUT2D eigenvalue weighted by atomic mass is 32.1. The molecule has 0 fully saturated rings. The Morgan fingerprint density at radius 3 is 2.10 bits per heavy atom. The van der Waals surface area contributed by atoms with E-state index in [0.29, 0.717) is 0 Å². The Bertz CT molecular complexity index is 708. The normalized spacial score (nSPS) is 10.5. The first-order valence-corrected chi connectivity index (χ1v) is 6.22. The molecule has 110 valence electrons. The van der Waals surface area contributed by atoms with Crippen molar-refractivity contribution in [1.82, 2.24) is 0 Å². The van der Waals surface area contributed by atoms with Crippen LogP contribution in [0.25, 0.3) is 0 Å². The first kappa shape index (κ1) is 15.2. The van der Waals surface area contributed by atoms with Crippen LogP contribution < -0.4 is 11.1 Å². The summed E-state index contributed by atoms with van der Waals surface area (Å²) < 4.78 is 55.1. The van der Waals surface area contributed by atoms with Gasteiger partial charge in [-0.15, -0.1) is 0 Å². The van der Waals surface area contributed by atoms with Gasteiger partial charge in [-0.2, -0.15) is 0 Å². The van der Waals surface area contributed by atoms with E-state index in [0.717, 1.165) is 18.2 Å². The van der Waals surface area contributed by atoms with Crippen LogP contribution in [0.15, 0.2) is 24.3 Å². The fraction of sp³-hybridized carbons (Fsp3) is 0.0714. The van der Waals surface area contributed by atoms with Crippen LogP contribution in [0.1, 0.15) is 11.1 Å². The molecule has 0 unspecified atom stereocenters. The molecule has 2 nitrogen and oxygen atoms in total. The average Bonchev–Trinajstić information content (AvgIpc) is 2.41. The molecule has 0 radical (unpaired) electrons. The molecule has 21 heavy (non-hydrogen) atoms. The van der Waals surface area contributed by atoms with E-state index >= 15 is 0 Å². The number of thiocarbonyl (C=S) groups is 1. The lowest BCUT2D eigenvalue weighted by Gasteiger charge is -2.13. The van der Waals surface area contributed by atoms with Crippen LogP contribution >= 0.6 is 12.2 Å². The number of benzene rings is 2. The maximum atomic E-state index is 13.9. The second-order valence-electron chi connectivity index (χ2n) is 4.36. The number of aryl methyl sites for hydroxylation is 1. The third-order valence-corrected chi connectivity index (χ3v) is 3.10. The molecule has 0 heterocycles. The van der Waals surface area contributed by atoms with Crippen LogP contribution in [0.2, 0.25) is 0 Å². The van der Waals surface area contributed by atoms with Crippen molar-refractivity contribution in [1.29, 1.82) is 0 Å². The fourth-order valence-electron chi connectivity index (χ4n) is 1.73. The van der Waals surface area contributed by atoms with Gasteiger partial charge in [-0.1, -0.05) is 18.3 Å². The molecular formula is C14H10F4N2S. The molecular weight excluding hydrogens is 304 g/mol. The Hall–Kier alpha value is -2.15. The topological polar surface area (TPSA) is 38.0 Å². The summed E-state index contributed by atoms with van der Waals surface area (Å²) in [6.45, 7) is 1.41. The van der Waals surface area contributed by atoms with Crippen LogP contribution in [0, 0.1) is 30.2 Å². The van der Waals surface area contributed by atoms with E-state index in [1.54, 1.807) is 0 Å². The first-order valence-electron chi connectivity index (χ1n) is 5.81. The molecule has 0 aliphatic heterocycles. The van der Waals surface area contributed by atoms with Gasteiger partial charge in [0.1, 0.15) is 33.8 Å². The molecule has 0 aliphatic carbocycles. The molecule has 2 aromatic carbocycles. The van der Waals surface area contributed by atoms with E-state index in [1.165, 1.54) is 13.0 Å². The highest BCUT2D eigenvalue weighted by Crippen LogP contribution is 2.29. The molecule has 0 spiro atoms. The summed E-state index contributed by atoms with van der Waals surface area (Å²) >= 11 is 4.62. The summed E-state index contributed by atoms with van der Waals surface area (Å²) in [5.74, 6) is -4.00. The molecule has 0 saturated heterocycles. The van der Waals surface area contributed by atoms with Crippen molar-refractivity contribution < 1.29 is 17.6 Å². The summed E-state index contributed by atoms with van der Waals surface area (Å²) in [6, 6.07) is 4.00. The van der Waals surface area contributed by atoms with Gasteiger partial charge in [-0.3, -0.25) is 0 Å². The SMILES string of the molecule is Cc1ccc(F)c(Nc2c(F)cc(C(N)=S)cc2F)c1F. The molecule has 0 atom stereocenters. The Morgan fingerprint density at radius 1 is 1.00 bits per heavy atom. The van der Waals surface area contributed by atoms with Gasteiger partial charge in [0.15, 0.2) is 5.82 Å². The Labute approximate surface area is 123 Å². The van der Waals surface area contributed by atoms with Gasteiger partial charge in [0.2, 0.25) is 0 Å². The van der Waals surface area contributed by atoms with Crippen molar-refractivity contribution in [3.63, 3.8) is 0 Å². The predicted molar refractivity (Wildman–Crippen MR) is 76.6 cm³/mol. The Kier molecular flexibility index (Phi) is 4.13. The summed E-state index contributed by atoms with van der Waals surface area (Å²) in [6.07, 6.45) is 0. The highest BCUT2D eigenvalue weighted by Gasteiger charge is 2.17. The molecule has 0 aliphatic rings. The minimum atomic E-state index is -1.06. The largest absolute Gasteiger partial charge is 0.389 e. The second-order valence-corrected chi connectivity index (χ2v) is 4.80. The van der Waals surface area contributed by atoms with Crippen LogP contribution in [0.4, 0.5) is 28.9 Å². The summed E-state index contributed by atoms with van der Waals surface area (Å²) in [5, 5.41) is 2.10. The van der Waals surface area contributed by atoms with E-state index in [1.807, 2.05) is 0 Å². The Balaban J connectivity index is 2.51. The van der Waals surface area contributed by atoms with Crippen LogP contribution in [0.3, 0.4) is 0 Å². The molecule has 3 N–H and O–H groups in total. The fourth-order valence-corrected chi connectivity index (χ4v) is 1.85. The number of halogens is 4. The standard InChI is InChI=1S/C14H10F4N2S/c1-6-2-3-8(15)13(11(6)18)20-12-9(16)4-7(14(19)21)5-10(12)17/h2-5,20H,1H3,(H2,19,21). The van der Waals surface area contributed by atoms with Gasteiger partial charge in [-0.05, 0) is 30.7 Å². The van der Waals surface area contributed by atoms with E-state index in [-0.39, 0.29) is 16.1 Å². The first-order chi connectivity index (χ1) is 9.81. The zero-order valence-corrected chi connectivity index (χ0v) is 11.6. The van der Waals surface area contributed by atoms with Gasteiger partial charge >= 0.3 is 0 Å². The summed E-state index contributed by atoms with van der Waals surface area (Å²) in [4.78, 5) is -0.188. The van der Waals surface area contributed by atoms with E-state index in [9.17, 15) is 17.6 Å². The third kappa shape index (κ3) is 2.97. The van der Waals surface area contributed by atoms with Gasteiger partial charge in [-0.25, -0.2) is 17.6 Å². The number of hydrogen-bond donors (Lipinski definition) is 2. The van der Waals surface area contributed by atoms with Crippen molar-refractivity contribution in [3.8, 4) is 0 Å². The van der Waals surface area contributed by atoms with Crippen molar-refractivity contribution in [2.75, 3.05) is 5.32 Å². The van der Waals surface area contributed by atoms with Crippen molar-refractivity contribution in [3.05, 3.63) is 58.7 Å². The van der Waals surface area contributed by atoms with Crippen molar-refractivity contribution in [2.24, 2.45) is 5.73 Å². The molecule has 0 bridgehead atoms. The van der Waals surface area contributed by atoms with E-state index in [4.69, 9.17) is 5.73 Å². The van der Waals surface area contributed by atoms with Gasteiger partial charge in [0.05, 0.1) is 0 Å². The van der Waals surface area contributed by atoms with Crippen LogP contribution in [-0.2, 0) is 0 Å². The maximum Gasteiger partial charge on any atom is 0.152 e. The number of anilines is 2. The summed E-state index contributed by atoms with van der Waals surface area (Å²) in [7, 11) is 0. The zero-order valence-electron chi connectivity index (χ0n) is 10.8. The van der Waals surface area contributed by atoms with Crippen molar-refractivity contribution in [2.45, 2.75) is 6.92 Å². The minimum absolute atomic E-state index is 0.0178. The zero-order chi connectivity index (χ0) is 15.7. The molecule has 2 rings (SSSR count). The maximum absolute atomic E-state index is 13.9. The number of rotatable bonds is 3. The second kappa shape index (κ2) is 5.69. The highest BCUT2D eigenvalue weighted by molar-refractivity contribution is 7.80. The van der Waals surface area contributed by atoms with Gasteiger partial charge in [0, 0.05) is 5.56 Å². The van der Waals surface area contributed by atoms with E-state index < -0.39 is 34.6 Å². The Morgan fingerprint density at radius 2 is 1.57 bits per heavy atom. The summed E-state index contributed by atoms with van der Waals surface area (Å²) in [5.41, 5.74) is 4.09. The smallest absolute Gasteiger partial charge is 0.152 e. The molecule has 7 heteroatoms.